The lowest BCUT2D eigenvalue weighted by atomic mass is 10.2. The van der Waals surface area contributed by atoms with E-state index in [1.54, 1.807) is 10.8 Å². The summed E-state index contributed by atoms with van der Waals surface area (Å²) >= 11 is 2.29. The first-order chi connectivity index (χ1) is 14.2. The Morgan fingerprint density at radius 3 is 2.79 bits per heavy atom. The summed E-state index contributed by atoms with van der Waals surface area (Å²) in [4.78, 5) is 12.9. The average Bonchev–Trinajstić information content (AvgIpc) is 3.18. The van der Waals surface area contributed by atoms with Crippen LogP contribution in [0.1, 0.15) is 5.56 Å². The van der Waals surface area contributed by atoms with Crippen LogP contribution in [0.5, 0.6) is 11.5 Å². The van der Waals surface area contributed by atoms with Crippen LogP contribution in [0.25, 0.3) is 16.6 Å². The molecule has 0 saturated carbocycles. The summed E-state index contributed by atoms with van der Waals surface area (Å²) in [6.07, 6.45) is 4.91. The van der Waals surface area contributed by atoms with Crippen molar-refractivity contribution >= 4 is 50.6 Å². The zero-order chi connectivity index (χ0) is 19.8. The molecule has 5 rings (SSSR count). The maximum absolute atomic E-state index is 6.04. The maximum atomic E-state index is 6.04. The van der Waals surface area contributed by atoms with E-state index in [2.05, 4.69) is 54.0 Å². The molecule has 0 saturated heterocycles. The number of aryl methyl sites for hydroxylation is 1. The third-order valence-electron chi connectivity index (χ3n) is 4.51. The molecule has 7 nitrogen and oxygen atoms in total. The summed E-state index contributed by atoms with van der Waals surface area (Å²) in [7, 11) is 0. The maximum Gasteiger partial charge on any atom is 0.158 e. The second-order valence-electron chi connectivity index (χ2n) is 6.52. The summed E-state index contributed by atoms with van der Waals surface area (Å²) in [5.74, 6) is 2.27. The quantitative estimate of drug-likeness (QED) is 0.350. The molecule has 0 aliphatic rings. The van der Waals surface area contributed by atoms with E-state index in [1.165, 1.54) is 6.33 Å². The van der Waals surface area contributed by atoms with Gasteiger partial charge in [0.05, 0.1) is 5.52 Å². The number of hydrogen-bond donors (Lipinski definition) is 1. The summed E-state index contributed by atoms with van der Waals surface area (Å²) in [5, 5.41) is 8.47. The Hall–Kier alpha value is -3.27. The van der Waals surface area contributed by atoms with Gasteiger partial charge < -0.3 is 10.1 Å². The van der Waals surface area contributed by atoms with E-state index in [0.29, 0.717) is 5.75 Å². The van der Waals surface area contributed by atoms with Gasteiger partial charge in [0.2, 0.25) is 0 Å². The Morgan fingerprint density at radius 2 is 1.90 bits per heavy atom. The largest absolute Gasteiger partial charge is 0.457 e. The molecule has 1 N–H and O–H groups in total. The zero-order valence-corrected chi connectivity index (χ0v) is 17.5. The predicted molar refractivity (Wildman–Crippen MR) is 120 cm³/mol. The minimum Gasteiger partial charge on any atom is -0.457 e. The summed E-state index contributed by atoms with van der Waals surface area (Å²) in [6.45, 7) is 2.01. The van der Waals surface area contributed by atoms with Gasteiger partial charge in [0.1, 0.15) is 30.0 Å². The van der Waals surface area contributed by atoms with Crippen LogP contribution < -0.4 is 10.1 Å². The number of pyridine rings is 1. The molecule has 0 spiro atoms. The molecule has 0 amide bonds. The lowest BCUT2D eigenvalue weighted by Gasteiger charge is -2.12. The van der Waals surface area contributed by atoms with Gasteiger partial charge in [0.25, 0.3) is 0 Å². The molecule has 29 heavy (non-hydrogen) atoms. The summed E-state index contributed by atoms with van der Waals surface area (Å²) in [5.41, 5.74) is 3.58. The average molecular weight is 494 g/mol. The van der Waals surface area contributed by atoms with Crippen molar-refractivity contribution in [1.29, 1.82) is 0 Å². The normalized spacial score (nSPS) is 11.1. The highest BCUT2D eigenvalue weighted by Gasteiger charge is 2.08. The minimum atomic E-state index is 0.714. The lowest BCUT2D eigenvalue weighted by Crippen LogP contribution is -1.97. The first-order valence-electron chi connectivity index (χ1n) is 8.91. The standard InChI is InChI=1S/C21H15IN6O/c1-13-8-15(27-21-17-9-14(22)2-4-18(17)23-11-25-21)3-5-19(13)29-16-6-7-28-20(10-16)24-12-26-28/h2-12H,1H3,(H,23,25,27). The zero-order valence-electron chi connectivity index (χ0n) is 15.4. The fraction of sp³-hybridized carbons (Fsp3) is 0.0476. The Balaban J connectivity index is 1.42. The van der Waals surface area contributed by atoms with Gasteiger partial charge in [-0.3, -0.25) is 0 Å². The lowest BCUT2D eigenvalue weighted by molar-refractivity contribution is 0.478. The molecule has 3 heterocycles. The number of benzene rings is 2. The highest BCUT2D eigenvalue weighted by Crippen LogP contribution is 2.30. The Labute approximate surface area is 179 Å². The SMILES string of the molecule is Cc1cc(Nc2ncnc3ccc(I)cc23)ccc1Oc1ccn2ncnc2c1. The molecule has 0 atom stereocenters. The number of aromatic nitrogens is 5. The molecule has 8 heteroatoms. The number of anilines is 2. The predicted octanol–water partition coefficient (Wildman–Crippen LogP) is 5.12. The Kier molecular flexibility index (Phi) is 4.47. The number of nitrogens with one attached hydrogen (secondary N) is 1. The van der Waals surface area contributed by atoms with Gasteiger partial charge in [-0.2, -0.15) is 5.10 Å². The first-order valence-corrected chi connectivity index (χ1v) is 9.99. The van der Waals surface area contributed by atoms with E-state index < -0.39 is 0 Å². The number of hydrogen-bond acceptors (Lipinski definition) is 6. The molecule has 3 aromatic heterocycles. The van der Waals surface area contributed by atoms with Crippen molar-refractivity contribution in [2.45, 2.75) is 6.92 Å². The second kappa shape index (κ2) is 7.28. The van der Waals surface area contributed by atoms with Crippen LogP contribution in [0.3, 0.4) is 0 Å². The monoisotopic (exact) mass is 494 g/mol. The molecule has 0 bridgehead atoms. The van der Waals surface area contributed by atoms with E-state index in [0.717, 1.165) is 42.9 Å². The number of rotatable bonds is 4. The van der Waals surface area contributed by atoms with Crippen LogP contribution in [-0.2, 0) is 0 Å². The molecular formula is C21H15IN6O. The smallest absolute Gasteiger partial charge is 0.158 e. The van der Waals surface area contributed by atoms with Gasteiger partial charge in [0.15, 0.2) is 5.65 Å². The summed E-state index contributed by atoms with van der Waals surface area (Å²) < 4.78 is 8.87. The molecule has 0 unspecified atom stereocenters. The fourth-order valence-electron chi connectivity index (χ4n) is 3.09. The van der Waals surface area contributed by atoms with E-state index >= 15 is 0 Å². The van der Waals surface area contributed by atoms with Crippen molar-refractivity contribution < 1.29 is 4.74 Å². The van der Waals surface area contributed by atoms with Crippen LogP contribution in [-0.4, -0.2) is 24.6 Å². The van der Waals surface area contributed by atoms with Crippen LogP contribution in [0.15, 0.2) is 67.4 Å². The molecule has 5 aromatic rings. The van der Waals surface area contributed by atoms with Crippen molar-refractivity contribution in [3.05, 3.63) is 76.5 Å². The van der Waals surface area contributed by atoms with Gasteiger partial charge >= 0.3 is 0 Å². The van der Waals surface area contributed by atoms with Crippen LogP contribution in [0.2, 0.25) is 0 Å². The van der Waals surface area contributed by atoms with Gasteiger partial charge in [-0.05, 0) is 77.5 Å². The van der Waals surface area contributed by atoms with Gasteiger partial charge in [-0.15, -0.1) is 0 Å². The molecule has 142 valence electrons. The third-order valence-corrected chi connectivity index (χ3v) is 5.19. The Morgan fingerprint density at radius 1 is 0.966 bits per heavy atom. The van der Waals surface area contributed by atoms with Gasteiger partial charge in [-0.1, -0.05) is 0 Å². The first kappa shape index (κ1) is 17.8. The Bertz CT molecular complexity index is 1350. The highest BCUT2D eigenvalue weighted by atomic mass is 127. The van der Waals surface area contributed by atoms with Crippen LogP contribution in [0, 0.1) is 10.5 Å². The second-order valence-corrected chi connectivity index (χ2v) is 7.76. The van der Waals surface area contributed by atoms with Crippen LogP contribution >= 0.6 is 22.6 Å². The van der Waals surface area contributed by atoms with Crippen LogP contribution in [0.4, 0.5) is 11.5 Å². The van der Waals surface area contributed by atoms with Crippen molar-refractivity contribution in [3.63, 3.8) is 0 Å². The van der Waals surface area contributed by atoms with E-state index in [-0.39, 0.29) is 0 Å². The van der Waals surface area contributed by atoms with E-state index in [1.807, 2.05) is 55.6 Å². The van der Waals surface area contributed by atoms with Crippen molar-refractivity contribution in [2.24, 2.45) is 0 Å². The highest BCUT2D eigenvalue weighted by molar-refractivity contribution is 14.1. The topological polar surface area (TPSA) is 77.2 Å². The van der Waals surface area contributed by atoms with Crippen molar-refractivity contribution in [3.8, 4) is 11.5 Å². The minimum absolute atomic E-state index is 0.714. The fourth-order valence-corrected chi connectivity index (χ4v) is 3.59. The molecule has 2 aromatic carbocycles. The van der Waals surface area contributed by atoms with E-state index in [4.69, 9.17) is 4.74 Å². The van der Waals surface area contributed by atoms with Gasteiger partial charge in [0, 0.05) is 26.9 Å². The number of fused-ring (bicyclic) bond motifs is 2. The molecular weight excluding hydrogens is 479 g/mol. The van der Waals surface area contributed by atoms with Gasteiger partial charge in [-0.25, -0.2) is 19.5 Å². The summed E-state index contributed by atoms with van der Waals surface area (Å²) in [6, 6.07) is 15.8. The molecule has 0 fully saturated rings. The number of halogens is 1. The molecule has 0 aliphatic carbocycles. The third kappa shape index (κ3) is 3.58. The number of nitrogens with zero attached hydrogens (tertiary/aromatic N) is 5. The molecule has 0 aliphatic heterocycles. The van der Waals surface area contributed by atoms with Crippen molar-refractivity contribution in [2.75, 3.05) is 5.32 Å². The van der Waals surface area contributed by atoms with Crippen molar-refractivity contribution in [1.82, 2.24) is 24.6 Å². The number of ether oxygens (including phenoxy) is 1. The molecule has 0 radical (unpaired) electrons. The van der Waals surface area contributed by atoms with E-state index in [9.17, 15) is 0 Å².